The van der Waals surface area contributed by atoms with Gasteiger partial charge in [0.15, 0.2) is 0 Å². The molecule has 8 nitrogen and oxygen atoms in total. The van der Waals surface area contributed by atoms with Gasteiger partial charge in [0.2, 0.25) is 0 Å². The van der Waals surface area contributed by atoms with Crippen LogP contribution in [0.1, 0.15) is 15.9 Å². The van der Waals surface area contributed by atoms with Crippen LogP contribution in [0.15, 0.2) is 49.1 Å². The molecule has 3 rings (SSSR count). The van der Waals surface area contributed by atoms with Crippen molar-refractivity contribution in [3.63, 3.8) is 0 Å². The molecule has 0 fully saturated rings. The van der Waals surface area contributed by atoms with Gasteiger partial charge in [-0.2, -0.15) is 10.4 Å². The van der Waals surface area contributed by atoms with E-state index in [0.29, 0.717) is 22.8 Å². The molecule has 0 unspecified atom stereocenters. The summed E-state index contributed by atoms with van der Waals surface area (Å²) in [6, 6.07) is 8.40. The second kappa shape index (κ2) is 6.80. The second-order valence-corrected chi connectivity index (χ2v) is 5.45. The lowest BCUT2D eigenvalue weighted by Gasteiger charge is -2.10. The summed E-state index contributed by atoms with van der Waals surface area (Å²) in [5.74, 6) is 0.123. The largest absolute Gasteiger partial charge is 0.375 e. The van der Waals surface area contributed by atoms with E-state index in [9.17, 15) is 4.79 Å². The summed E-state index contributed by atoms with van der Waals surface area (Å²) < 4.78 is 1.48. The lowest BCUT2D eigenvalue weighted by atomic mass is 10.1. The van der Waals surface area contributed by atoms with Gasteiger partial charge in [-0.25, -0.2) is 14.6 Å². The maximum Gasteiger partial charge on any atom is 0.255 e. The molecule has 0 radical (unpaired) electrons. The molecule has 3 aromatic rings. The summed E-state index contributed by atoms with van der Waals surface area (Å²) in [6.07, 6.45) is 6.54. The molecule has 0 aliphatic rings. The Bertz CT molecular complexity index is 921. The number of nitrogens with one attached hydrogen (secondary N) is 1. The van der Waals surface area contributed by atoms with Gasteiger partial charge in [-0.1, -0.05) is 0 Å². The summed E-state index contributed by atoms with van der Waals surface area (Å²) in [4.78, 5) is 22.6. The van der Waals surface area contributed by atoms with E-state index in [-0.39, 0.29) is 5.91 Å². The fraction of sp³-hybridized carbons (Fsp3) is 0.118. The molecule has 2 aromatic heterocycles. The van der Waals surface area contributed by atoms with Crippen LogP contribution in [0.3, 0.4) is 0 Å². The molecule has 1 amide bonds. The van der Waals surface area contributed by atoms with Crippen molar-refractivity contribution in [3.8, 4) is 12.0 Å². The van der Waals surface area contributed by atoms with Crippen LogP contribution in [0.2, 0.25) is 0 Å². The molecule has 124 valence electrons. The highest BCUT2D eigenvalue weighted by Crippen LogP contribution is 2.13. The fourth-order valence-corrected chi connectivity index (χ4v) is 2.06. The standard InChI is InChI=1S/C17H15N7O/c1-23(2)15-9-19-17(20-10-15)24-11-14(8-21-24)22-16(25)13-5-3-12(7-18)4-6-13/h3-6,8-11H,1-2H3,(H,22,25). The van der Waals surface area contributed by atoms with Gasteiger partial charge in [0.05, 0.1) is 47.8 Å². The lowest BCUT2D eigenvalue weighted by molar-refractivity contribution is 0.102. The zero-order valence-corrected chi connectivity index (χ0v) is 13.7. The van der Waals surface area contributed by atoms with Gasteiger partial charge in [0.25, 0.3) is 11.9 Å². The van der Waals surface area contributed by atoms with E-state index >= 15 is 0 Å². The SMILES string of the molecule is CN(C)c1cnc(-n2cc(NC(=O)c3ccc(C#N)cc3)cn2)nc1. The number of amides is 1. The first-order valence-electron chi connectivity index (χ1n) is 7.43. The number of hydrogen-bond donors (Lipinski definition) is 1. The Labute approximate surface area is 144 Å². The fourth-order valence-electron chi connectivity index (χ4n) is 2.06. The van der Waals surface area contributed by atoms with E-state index < -0.39 is 0 Å². The molecule has 0 saturated carbocycles. The van der Waals surface area contributed by atoms with E-state index in [1.165, 1.54) is 10.9 Å². The predicted molar refractivity (Wildman–Crippen MR) is 92.6 cm³/mol. The average molecular weight is 333 g/mol. The molecule has 1 N–H and O–H groups in total. The van der Waals surface area contributed by atoms with Crippen LogP contribution in [-0.2, 0) is 0 Å². The Hall–Kier alpha value is -3.73. The molecule has 8 heteroatoms. The summed E-state index contributed by atoms with van der Waals surface area (Å²) in [6.45, 7) is 0. The minimum atomic E-state index is -0.284. The van der Waals surface area contributed by atoms with Gasteiger partial charge in [0.1, 0.15) is 0 Å². The first-order valence-corrected chi connectivity index (χ1v) is 7.43. The lowest BCUT2D eigenvalue weighted by Crippen LogP contribution is -2.11. The predicted octanol–water partition coefficient (Wildman–Crippen LogP) is 1.85. The average Bonchev–Trinajstić information content (AvgIpc) is 3.10. The number of hydrogen-bond acceptors (Lipinski definition) is 6. The van der Waals surface area contributed by atoms with Crippen molar-refractivity contribution in [1.82, 2.24) is 19.7 Å². The highest BCUT2D eigenvalue weighted by Gasteiger charge is 2.09. The topological polar surface area (TPSA) is 99.7 Å². The Balaban J connectivity index is 1.72. The smallest absolute Gasteiger partial charge is 0.255 e. The number of nitrogens with zero attached hydrogens (tertiary/aromatic N) is 6. The molecule has 25 heavy (non-hydrogen) atoms. The Morgan fingerprint density at radius 2 is 1.84 bits per heavy atom. The van der Waals surface area contributed by atoms with Crippen LogP contribution >= 0.6 is 0 Å². The first kappa shape index (κ1) is 16.1. The van der Waals surface area contributed by atoms with E-state index in [4.69, 9.17) is 5.26 Å². The quantitative estimate of drug-likeness (QED) is 0.782. The molecule has 0 atom stereocenters. The Morgan fingerprint density at radius 3 is 2.44 bits per heavy atom. The summed E-state index contributed by atoms with van der Waals surface area (Å²) in [7, 11) is 3.81. The Kier molecular flexibility index (Phi) is 4.39. The van der Waals surface area contributed by atoms with Gasteiger partial charge >= 0.3 is 0 Å². The number of anilines is 2. The second-order valence-electron chi connectivity index (χ2n) is 5.45. The van der Waals surface area contributed by atoms with Gasteiger partial charge in [-0.15, -0.1) is 0 Å². The number of benzene rings is 1. The van der Waals surface area contributed by atoms with Crippen molar-refractivity contribution in [1.29, 1.82) is 5.26 Å². The minimum Gasteiger partial charge on any atom is -0.375 e. The summed E-state index contributed by atoms with van der Waals surface area (Å²) >= 11 is 0. The van der Waals surface area contributed by atoms with Gasteiger partial charge < -0.3 is 10.2 Å². The zero-order chi connectivity index (χ0) is 17.8. The molecule has 0 spiro atoms. The number of rotatable bonds is 4. The highest BCUT2D eigenvalue weighted by molar-refractivity contribution is 6.04. The van der Waals surface area contributed by atoms with Crippen LogP contribution in [-0.4, -0.2) is 39.8 Å². The molecule has 0 aliphatic heterocycles. The van der Waals surface area contributed by atoms with Crippen LogP contribution in [0, 0.1) is 11.3 Å². The molecule has 1 aromatic carbocycles. The zero-order valence-electron chi connectivity index (χ0n) is 13.7. The summed E-state index contributed by atoms with van der Waals surface area (Å²) in [5.41, 5.74) is 2.36. The van der Waals surface area contributed by atoms with Crippen molar-refractivity contribution in [3.05, 3.63) is 60.2 Å². The van der Waals surface area contributed by atoms with Crippen molar-refractivity contribution < 1.29 is 4.79 Å². The van der Waals surface area contributed by atoms with Gasteiger partial charge in [-0.05, 0) is 24.3 Å². The van der Waals surface area contributed by atoms with Gasteiger partial charge in [-0.3, -0.25) is 4.79 Å². The third-order valence-electron chi connectivity index (χ3n) is 3.46. The molecular formula is C17H15N7O. The molecule has 0 saturated heterocycles. The van der Waals surface area contributed by atoms with E-state index in [2.05, 4.69) is 20.4 Å². The number of carbonyl (C=O) groups is 1. The van der Waals surface area contributed by atoms with E-state index in [1.807, 2.05) is 25.1 Å². The monoisotopic (exact) mass is 333 g/mol. The summed E-state index contributed by atoms with van der Waals surface area (Å²) in [5, 5.41) is 15.7. The highest BCUT2D eigenvalue weighted by atomic mass is 16.1. The normalized spacial score (nSPS) is 10.1. The first-order chi connectivity index (χ1) is 12.1. The Morgan fingerprint density at radius 1 is 1.16 bits per heavy atom. The number of aromatic nitrogens is 4. The minimum absolute atomic E-state index is 0.284. The third kappa shape index (κ3) is 3.61. The van der Waals surface area contributed by atoms with Crippen molar-refractivity contribution >= 4 is 17.3 Å². The van der Waals surface area contributed by atoms with E-state index in [1.54, 1.807) is 42.9 Å². The molecule has 0 bridgehead atoms. The van der Waals surface area contributed by atoms with Crippen LogP contribution in [0.4, 0.5) is 11.4 Å². The van der Waals surface area contributed by atoms with Crippen molar-refractivity contribution in [2.45, 2.75) is 0 Å². The van der Waals surface area contributed by atoms with Crippen LogP contribution in [0.25, 0.3) is 5.95 Å². The maximum atomic E-state index is 12.2. The van der Waals surface area contributed by atoms with Crippen molar-refractivity contribution in [2.24, 2.45) is 0 Å². The molecular weight excluding hydrogens is 318 g/mol. The van der Waals surface area contributed by atoms with E-state index in [0.717, 1.165) is 5.69 Å². The van der Waals surface area contributed by atoms with Crippen LogP contribution < -0.4 is 10.2 Å². The van der Waals surface area contributed by atoms with Crippen LogP contribution in [0.5, 0.6) is 0 Å². The molecule has 2 heterocycles. The number of carbonyl (C=O) groups excluding carboxylic acids is 1. The molecule has 0 aliphatic carbocycles. The van der Waals surface area contributed by atoms with Gasteiger partial charge in [0, 0.05) is 19.7 Å². The third-order valence-corrected chi connectivity index (χ3v) is 3.46. The van der Waals surface area contributed by atoms with Crippen molar-refractivity contribution in [2.75, 3.05) is 24.3 Å². The number of nitriles is 1. The maximum absolute atomic E-state index is 12.2.